The summed E-state index contributed by atoms with van der Waals surface area (Å²) in [7, 11) is 0. The quantitative estimate of drug-likeness (QED) is 0.430. The third kappa shape index (κ3) is 7.07. The van der Waals surface area contributed by atoms with Crippen LogP contribution in [0.1, 0.15) is 75.2 Å². The van der Waals surface area contributed by atoms with Gasteiger partial charge in [0.25, 0.3) is 0 Å². The SMILES string of the molecule is CC(CN)C(C(=O)O)C(C)(C)CC(C)(C)C(C(=O)O)C(C)(C)CC(C)(C)N. The molecular weight excluding hydrogens is 344 g/mol. The Morgan fingerprint density at radius 2 is 1.22 bits per heavy atom. The topological polar surface area (TPSA) is 127 Å². The Kier molecular flexibility index (Phi) is 8.12. The lowest BCUT2D eigenvalue weighted by molar-refractivity contribution is -0.156. The maximum Gasteiger partial charge on any atom is 0.307 e. The lowest BCUT2D eigenvalue weighted by Gasteiger charge is -2.48. The van der Waals surface area contributed by atoms with Crippen LogP contribution in [0.2, 0.25) is 0 Å². The van der Waals surface area contributed by atoms with E-state index in [2.05, 4.69) is 0 Å². The van der Waals surface area contributed by atoms with Crippen LogP contribution in [0, 0.1) is 34.0 Å². The van der Waals surface area contributed by atoms with Crippen LogP contribution in [-0.2, 0) is 9.59 Å². The van der Waals surface area contributed by atoms with Gasteiger partial charge < -0.3 is 21.7 Å². The molecule has 0 bridgehead atoms. The third-order valence-corrected chi connectivity index (χ3v) is 5.68. The molecule has 0 aliphatic carbocycles. The van der Waals surface area contributed by atoms with Crippen LogP contribution in [0.3, 0.4) is 0 Å². The molecule has 0 radical (unpaired) electrons. The molecular formula is C21H42N2O4. The zero-order valence-electron chi connectivity index (χ0n) is 18.7. The van der Waals surface area contributed by atoms with Gasteiger partial charge in [-0.05, 0) is 55.4 Å². The van der Waals surface area contributed by atoms with E-state index in [0.717, 1.165) is 0 Å². The Hall–Kier alpha value is -1.14. The molecule has 0 spiro atoms. The fourth-order valence-corrected chi connectivity index (χ4v) is 5.87. The second kappa shape index (κ2) is 8.48. The zero-order valence-corrected chi connectivity index (χ0v) is 18.7. The smallest absolute Gasteiger partial charge is 0.307 e. The molecule has 6 heteroatoms. The van der Waals surface area contributed by atoms with Crippen molar-refractivity contribution in [1.29, 1.82) is 0 Å². The molecule has 0 heterocycles. The maximum atomic E-state index is 12.3. The zero-order chi connectivity index (χ0) is 22.0. The number of carboxylic acids is 2. The lowest BCUT2D eigenvalue weighted by atomic mass is 9.55. The monoisotopic (exact) mass is 386 g/mol. The minimum Gasteiger partial charge on any atom is -0.481 e. The third-order valence-electron chi connectivity index (χ3n) is 5.68. The highest BCUT2D eigenvalue weighted by Gasteiger charge is 2.51. The molecule has 3 unspecified atom stereocenters. The van der Waals surface area contributed by atoms with E-state index in [1.54, 1.807) is 0 Å². The van der Waals surface area contributed by atoms with Gasteiger partial charge in [-0.2, -0.15) is 0 Å². The second-order valence-electron chi connectivity index (χ2n) is 11.1. The first-order chi connectivity index (χ1) is 11.8. The van der Waals surface area contributed by atoms with E-state index in [4.69, 9.17) is 11.5 Å². The molecule has 0 amide bonds. The van der Waals surface area contributed by atoms with Gasteiger partial charge in [-0.3, -0.25) is 9.59 Å². The van der Waals surface area contributed by atoms with Crippen molar-refractivity contribution in [3.05, 3.63) is 0 Å². The average Bonchev–Trinajstić information content (AvgIpc) is 2.30. The second-order valence-corrected chi connectivity index (χ2v) is 11.1. The highest BCUT2D eigenvalue weighted by Crippen LogP contribution is 2.51. The van der Waals surface area contributed by atoms with Crippen LogP contribution < -0.4 is 11.5 Å². The minimum absolute atomic E-state index is 0.201. The predicted octanol–water partition coefficient (Wildman–Crippen LogP) is 3.58. The summed E-state index contributed by atoms with van der Waals surface area (Å²) in [6.45, 7) is 17.4. The number of nitrogens with two attached hydrogens (primary N) is 2. The molecule has 0 saturated heterocycles. The average molecular weight is 387 g/mol. The molecule has 6 nitrogen and oxygen atoms in total. The summed E-state index contributed by atoms with van der Waals surface area (Å²) in [6.07, 6.45) is 0.995. The van der Waals surface area contributed by atoms with E-state index < -0.39 is 45.6 Å². The summed E-state index contributed by atoms with van der Waals surface area (Å²) >= 11 is 0. The van der Waals surface area contributed by atoms with Gasteiger partial charge in [0.2, 0.25) is 0 Å². The van der Waals surface area contributed by atoms with Crippen molar-refractivity contribution in [1.82, 2.24) is 0 Å². The number of hydrogen-bond donors (Lipinski definition) is 4. The highest BCUT2D eigenvalue weighted by atomic mass is 16.4. The van der Waals surface area contributed by atoms with Crippen LogP contribution in [0.25, 0.3) is 0 Å². The number of rotatable bonds is 11. The molecule has 0 aromatic rings. The van der Waals surface area contributed by atoms with Crippen molar-refractivity contribution in [3.63, 3.8) is 0 Å². The van der Waals surface area contributed by atoms with Crippen LogP contribution in [-0.4, -0.2) is 34.2 Å². The van der Waals surface area contributed by atoms with E-state index >= 15 is 0 Å². The molecule has 0 saturated carbocycles. The molecule has 0 aliphatic heterocycles. The molecule has 0 aromatic heterocycles. The fraction of sp³-hybridized carbons (Fsp3) is 0.905. The van der Waals surface area contributed by atoms with Crippen molar-refractivity contribution in [2.75, 3.05) is 6.54 Å². The summed E-state index contributed by atoms with van der Waals surface area (Å²) in [5, 5.41) is 19.8. The first kappa shape index (κ1) is 25.9. The van der Waals surface area contributed by atoms with Crippen LogP contribution in [0.5, 0.6) is 0 Å². The van der Waals surface area contributed by atoms with Gasteiger partial charge in [0.05, 0.1) is 11.8 Å². The van der Waals surface area contributed by atoms with E-state index in [-0.39, 0.29) is 12.5 Å². The van der Waals surface area contributed by atoms with Crippen molar-refractivity contribution in [2.45, 2.75) is 80.7 Å². The van der Waals surface area contributed by atoms with Crippen molar-refractivity contribution in [3.8, 4) is 0 Å². The molecule has 3 atom stereocenters. The molecule has 0 aromatic carbocycles. The van der Waals surface area contributed by atoms with Crippen LogP contribution >= 0.6 is 0 Å². The predicted molar refractivity (Wildman–Crippen MR) is 109 cm³/mol. The van der Waals surface area contributed by atoms with Gasteiger partial charge >= 0.3 is 11.9 Å². The largest absolute Gasteiger partial charge is 0.481 e. The fourth-order valence-electron chi connectivity index (χ4n) is 5.87. The summed E-state index contributed by atoms with van der Waals surface area (Å²) in [5.41, 5.74) is 9.64. The number of carboxylic acid groups (broad SMARTS) is 2. The highest BCUT2D eigenvalue weighted by molar-refractivity contribution is 5.73. The maximum absolute atomic E-state index is 12.3. The van der Waals surface area contributed by atoms with E-state index in [9.17, 15) is 19.8 Å². The molecule has 0 fully saturated rings. The molecule has 160 valence electrons. The number of aliphatic carboxylic acids is 2. The summed E-state index contributed by atoms with van der Waals surface area (Å²) in [6, 6.07) is 0. The number of hydrogen-bond acceptors (Lipinski definition) is 4. The molecule has 27 heavy (non-hydrogen) atoms. The lowest BCUT2D eigenvalue weighted by Crippen LogP contribution is -2.50. The van der Waals surface area contributed by atoms with E-state index in [0.29, 0.717) is 12.8 Å². The Balaban J connectivity index is 5.97. The van der Waals surface area contributed by atoms with Crippen LogP contribution in [0.4, 0.5) is 0 Å². The summed E-state index contributed by atoms with van der Waals surface area (Å²) < 4.78 is 0. The Morgan fingerprint density at radius 1 is 0.815 bits per heavy atom. The molecule has 6 N–H and O–H groups in total. The Bertz CT molecular complexity index is 533. The van der Waals surface area contributed by atoms with E-state index in [1.807, 2.05) is 62.3 Å². The first-order valence-electron chi connectivity index (χ1n) is 9.73. The van der Waals surface area contributed by atoms with E-state index in [1.165, 1.54) is 0 Å². The van der Waals surface area contributed by atoms with Crippen molar-refractivity contribution < 1.29 is 19.8 Å². The molecule has 0 rings (SSSR count). The van der Waals surface area contributed by atoms with Gasteiger partial charge in [0, 0.05) is 5.54 Å². The molecule has 0 aliphatic rings. The van der Waals surface area contributed by atoms with Gasteiger partial charge in [-0.25, -0.2) is 0 Å². The van der Waals surface area contributed by atoms with Gasteiger partial charge in [0.15, 0.2) is 0 Å². The van der Waals surface area contributed by atoms with Gasteiger partial charge in [-0.1, -0.05) is 48.5 Å². The summed E-state index contributed by atoms with van der Waals surface area (Å²) in [4.78, 5) is 24.2. The number of carbonyl (C=O) groups is 2. The van der Waals surface area contributed by atoms with Crippen molar-refractivity contribution >= 4 is 11.9 Å². The Morgan fingerprint density at radius 3 is 1.52 bits per heavy atom. The van der Waals surface area contributed by atoms with Gasteiger partial charge in [0.1, 0.15) is 0 Å². The van der Waals surface area contributed by atoms with Crippen LogP contribution in [0.15, 0.2) is 0 Å². The summed E-state index contributed by atoms with van der Waals surface area (Å²) in [5.74, 6) is -3.28. The first-order valence-corrected chi connectivity index (χ1v) is 9.73. The minimum atomic E-state index is -0.886. The van der Waals surface area contributed by atoms with Gasteiger partial charge in [-0.15, -0.1) is 0 Å². The normalized spacial score (nSPS) is 17.3. The Labute approximate surface area is 165 Å². The standard InChI is InChI=1S/C21H42N2O4/c1-13(10-22)14(16(24)25)18(2,3)11-19(4,5)15(17(26)27)20(6,7)12-21(8,9)23/h13-15H,10-12,22-23H2,1-9H3,(H,24,25)(H,26,27). The van der Waals surface area contributed by atoms with Crippen molar-refractivity contribution in [2.24, 2.45) is 45.5 Å².